The van der Waals surface area contributed by atoms with Crippen LogP contribution >= 0.6 is 11.6 Å². The molecule has 2 saturated heterocycles. The molecule has 33 heavy (non-hydrogen) atoms. The SMILES string of the molecule is O=C(NCc1ccc(N2CCOCC2)cc1)C1CCN(S(=O)(=O)Cc2ccc(Cl)cc2)CC1. The van der Waals surface area contributed by atoms with Gasteiger partial charge in [0.1, 0.15) is 0 Å². The number of morpholine rings is 1. The Labute approximate surface area is 200 Å². The monoisotopic (exact) mass is 491 g/mol. The summed E-state index contributed by atoms with van der Waals surface area (Å²) in [5.74, 6) is -0.233. The van der Waals surface area contributed by atoms with Gasteiger partial charge in [-0.15, -0.1) is 0 Å². The van der Waals surface area contributed by atoms with Crippen LogP contribution < -0.4 is 10.2 Å². The topological polar surface area (TPSA) is 79.0 Å². The van der Waals surface area contributed by atoms with Crippen LogP contribution in [-0.2, 0) is 31.9 Å². The van der Waals surface area contributed by atoms with Crippen molar-refractivity contribution >= 4 is 33.2 Å². The molecule has 1 N–H and O–H groups in total. The number of amides is 1. The van der Waals surface area contributed by atoms with Crippen LogP contribution in [0.1, 0.15) is 24.0 Å². The van der Waals surface area contributed by atoms with Gasteiger partial charge in [-0.25, -0.2) is 12.7 Å². The van der Waals surface area contributed by atoms with E-state index in [4.69, 9.17) is 16.3 Å². The molecule has 2 aliphatic rings. The molecule has 0 aromatic heterocycles. The minimum absolute atomic E-state index is 0.0120. The summed E-state index contributed by atoms with van der Waals surface area (Å²) in [5, 5.41) is 3.59. The zero-order valence-electron chi connectivity index (χ0n) is 18.6. The first-order valence-electron chi connectivity index (χ1n) is 11.3. The van der Waals surface area contributed by atoms with Gasteiger partial charge in [0.15, 0.2) is 0 Å². The molecule has 0 aliphatic carbocycles. The zero-order chi connectivity index (χ0) is 23.3. The number of nitrogens with one attached hydrogen (secondary N) is 1. The lowest BCUT2D eigenvalue weighted by atomic mass is 9.97. The second kappa shape index (κ2) is 10.9. The van der Waals surface area contributed by atoms with Gasteiger partial charge in [0.2, 0.25) is 15.9 Å². The first kappa shape index (κ1) is 24.0. The number of hydrogen-bond donors (Lipinski definition) is 1. The van der Waals surface area contributed by atoms with Crippen LogP contribution in [0.5, 0.6) is 0 Å². The number of piperidine rings is 1. The highest BCUT2D eigenvalue weighted by atomic mass is 35.5. The van der Waals surface area contributed by atoms with Crippen LogP contribution in [-0.4, -0.2) is 58.0 Å². The van der Waals surface area contributed by atoms with Gasteiger partial charge in [0.05, 0.1) is 19.0 Å². The largest absolute Gasteiger partial charge is 0.378 e. The maximum Gasteiger partial charge on any atom is 0.223 e. The summed E-state index contributed by atoms with van der Waals surface area (Å²) in [6, 6.07) is 15.1. The highest BCUT2D eigenvalue weighted by Gasteiger charge is 2.31. The molecular weight excluding hydrogens is 462 g/mol. The van der Waals surface area contributed by atoms with E-state index < -0.39 is 10.0 Å². The van der Waals surface area contributed by atoms with Crippen LogP contribution in [0.25, 0.3) is 0 Å². The molecule has 0 unspecified atom stereocenters. The summed E-state index contributed by atoms with van der Waals surface area (Å²) >= 11 is 5.88. The van der Waals surface area contributed by atoms with Gasteiger partial charge in [-0.05, 0) is 48.2 Å². The lowest BCUT2D eigenvalue weighted by Gasteiger charge is -2.30. The number of sulfonamides is 1. The molecule has 0 spiro atoms. The fourth-order valence-corrected chi connectivity index (χ4v) is 5.95. The minimum Gasteiger partial charge on any atom is -0.378 e. The smallest absolute Gasteiger partial charge is 0.223 e. The van der Waals surface area contributed by atoms with Crippen LogP contribution in [0.3, 0.4) is 0 Å². The lowest BCUT2D eigenvalue weighted by Crippen LogP contribution is -2.43. The van der Waals surface area contributed by atoms with Crippen molar-refractivity contribution in [3.05, 3.63) is 64.7 Å². The maximum atomic E-state index is 12.8. The number of halogens is 1. The molecule has 2 heterocycles. The number of anilines is 1. The van der Waals surface area contributed by atoms with Gasteiger partial charge in [-0.1, -0.05) is 35.9 Å². The van der Waals surface area contributed by atoms with Gasteiger partial charge in [0, 0.05) is 49.4 Å². The van der Waals surface area contributed by atoms with Crippen LogP contribution in [0.2, 0.25) is 5.02 Å². The molecule has 9 heteroatoms. The second-order valence-electron chi connectivity index (χ2n) is 8.54. The van der Waals surface area contributed by atoms with Gasteiger partial charge in [-0.2, -0.15) is 0 Å². The third kappa shape index (κ3) is 6.47. The molecule has 2 aromatic rings. The number of carbonyl (C=O) groups is 1. The van der Waals surface area contributed by atoms with Crippen LogP contribution in [0, 0.1) is 5.92 Å². The maximum absolute atomic E-state index is 12.8. The van der Waals surface area contributed by atoms with Crippen LogP contribution in [0.15, 0.2) is 48.5 Å². The van der Waals surface area contributed by atoms with E-state index in [0.717, 1.165) is 31.9 Å². The first-order chi connectivity index (χ1) is 15.9. The summed E-state index contributed by atoms with van der Waals surface area (Å²) in [7, 11) is -3.42. The fourth-order valence-electron chi connectivity index (χ4n) is 4.26. The summed E-state index contributed by atoms with van der Waals surface area (Å²) in [6.45, 7) is 4.48. The summed E-state index contributed by atoms with van der Waals surface area (Å²) in [6.07, 6.45) is 1.06. The highest BCUT2D eigenvalue weighted by molar-refractivity contribution is 7.88. The van der Waals surface area contributed by atoms with Crippen molar-refractivity contribution in [1.82, 2.24) is 9.62 Å². The van der Waals surface area contributed by atoms with Gasteiger partial charge < -0.3 is 15.0 Å². The van der Waals surface area contributed by atoms with E-state index in [-0.39, 0.29) is 17.6 Å². The second-order valence-corrected chi connectivity index (χ2v) is 10.9. The highest BCUT2D eigenvalue weighted by Crippen LogP contribution is 2.23. The quantitative estimate of drug-likeness (QED) is 0.644. The molecule has 0 bridgehead atoms. The third-order valence-corrected chi connectivity index (χ3v) is 8.36. The average Bonchev–Trinajstić information content (AvgIpc) is 2.85. The Bertz CT molecular complexity index is 1030. The van der Waals surface area contributed by atoms with Gasteiger partial charge in [-0.3, -0.25) is 4.79 Å². The molecule has 0 saturated carbocycles. The molecule has 4 rings (SSSR count). The summed E-state index contributed by atoms with van der Waals surface area (Å²) in [4.78, 5) is 14.9. The minimum atomic E-state index is -3.42. The average molecular weight is 492 g/mol. The first-order valence-corrected chi connectivity index (χ1v) is 13.3. The molecule has 2 aromatic carbocycles. The zero-order valence-corrected chi connectivity index (χ0v) is 20.2. The predicted molar refractivity (Wildman–Crippen MR) is 130 cm³/mol. The molecule has 1 amide bonds. The van der Waals surface area contributed by atoms with E-state index in [1.807, 2.05) is 12.1 Å². The molecule has 0 radical (unpaired) electrons. The molecular formula is C24H30ClN3O4S. The van der Waals surface area contributed by atoms with Crippen LogP contribution in [0.4, 0.5) is 5.69 Å². The Kier molecular flexibility index (Phi) is 7.90. The van der Waals surface area contributed by atoms with E-state index in [9.17, 15) is 13.2 Å². The van der Waals surface area contributed by atoms with E-state index in [0.29, 0.717) is 43.1 Å². The Morgan fingerprint density at radius 3 is 2.18 bits per heavy atom. The fraction of sp³-hybridized carbons (Fsp3) is 0.458. The third-order valence-electron chi connectivity index (χ3n) is 6.26. The Morgan fingerprint density at radius 1 is 0.939 bits per heavy atom. The number of nitrogens with zero attached hydrogens (tertiary/aromatic N) is 2. The van der Waals surface area contributed by atoms with E-state index in [2.05, 4.69) is 22.3 Å². The van der Waals surface area contributed by atoms with Gasteiger partial charge >= 0.3 is 0 Å². The van der Waals surface area contributed by atoms with Crippen molar-refractivity contribution in [1.29, 1.82) is 0 Å². The lowest BCUT2D eigenvalue weighted by molar-refractivity contribution is -0.126. The van der Waals surface area contributed by atoms with Crippen molar-refractivity contribution in [3.63, 3.8) is 0 Å². The molecule has 2 aliphatic heterocycles. The Balaban J connectivity index is 1.23. The van der Waals surface area contributed by atoms with Crippen molar-refractivity contribution in [3.8, 4) is 0 Å². The van der Waals surface area contributed by atoms with E-state index in [1.54, 1.807) is 24.3 Å². The standard InChI is InChI=1S/C24H30ClN3O4S/c25-22-5-1-20(2-6-22)18-33(30,31)28-11-9-21(10-12-28)24(29)26-17-19-3-7-23(8-4-19)27-13-15-32-16-14-27/h1-8,21H,9-18H2,(H,26,29). The van der Waals surface area contributed by atoms with E-state index >= 15 is 0 Å². The molecule has 178 valence electrons. The van der Waals surface area contributed by atoms with Crippen molar-refractivity contribution in [2.45, 2.75) is 25.1 Å². The van der Waals surface area contributed by atoms with Crippen molar-refractivity contribution < 1.29 is 17.9 Å². The normalized spacial score (nSPS) is 18.3. The number of hydrogen-bond acceptors (Lipinski definition) is 5. The van der Waals surface area contributed by atoms with Crippen molar-refractivity contribution in [2.75, 3.05) is 44.3 Å². The number of benzene rings is 2. The summed E-state index contributed by atoms with van der Waals surface area (Å²) < 4.78 is 32.4. The number of carbonyl (C=O) groups excluding carboxylic acids is 1. The van der Waals surface area contributed by atoms with Crippen molar-refractivity contribution in [2.24, 2.45) is 5.92 Å². The molecule has 2 fully saturated rings. The number of rotatable bonds is 7. The Morgan fingerprint density at radius 2 is 1.55 bits per heavy atom. The molecule has 0 atom stereocenters. The molecule has 7 nitrogen and oxygen atoms in total. The summed E-state index contributed by atoms with van der Waals surface area (Å²) in [5.41, 5.74) is 2.92. The van der Waals surface area contributed by atoms with Gasteiger partial charge in [0.25, 0.3) is 0 Å². The number of ether oxygens (including phenoxy) is 1. The Hall–Kier alpha value is -2.13. The predicted octanol–water partition coefficient (Wildman–Crippen LogP) is 3.03. The van der Waals surface area contributed by atoms with E-state index in [1.165, 1.54) is 9.99 Å².